The molecule has 1 amide bonds. The van der Waals surface area contributed by atoms with Crippen molar-refractivity contribution in [2.45, 2.75) is 19.3 Å². The van der Waals surface area contributed by atoms with Gasteiger partial charge in [-0.05, 0) is 24.6 Å². The number of nitrogens with zero attached hydrogens (tertiary/aromatic N) is 1. The molecule has 1 atom stereocenters. The minimum absolute atomic E-state index is 0.0413. The van der Waals surface area contributed by atoms with Crippen molar-refractivity contribution in [3.05, 3.63) is 51.6 Å². The number of fused-ring (bicyclic) bond motifs is 1. The van der Waals surface area contributed by atoms with Crippen molar-refractivity contribution in [3.63, 3.8) is 0 Å². The molecule has 1 fully saturated rings. The van der Waals surface area contributed by atoms with Crippen molar-refractivity contribution >= 4 is 5.91 Å². The topological polar surface area (TPSA) is 98.4 Å². The van der Waals surface area contributed by atoms with Gasteiger partial charge in [0.2, 0.25) is 23.9 Å². The van der Waals surface area contributed by atoms with Crippen LogP contribution >= 0.6 is 0 Å². The van der Waals surface area contributed by atoms with Crippen LogP contribution < -0.4 is 14.9 Å². The lowest BCUT2D eigenvalue weighted by molar-refractivity contribution is -0.135. The zero-order chi connectivity index (χ0) is 19.7. The smallest absolute Gasteiger partial charge is 0.231 e. The molecule has 4 rings (SSSR count). The average molecular weight is 387 g/mol. The fraction of sp³-hybridized carbons (Fsp3) is 0.400. The van der Waals surface area contributed by atoms with Gasteiger partial charge >= 0.3 is 0 Å². The summed E-state index contributed by atoms with van der Waals surface area (Å²) in [5.41, 5.74) is 0.151. The van der Waals surface area contributed by atoms with Crippen LogP contribution in [0.2, 0.25) is 0 Å². The number of amides is 1. The molecule has 2 aromatic rings. The monoisotopic (exact) mass is 387 g/mol. The third-order valence-corrected chi connectivity index (χ3v) is 4.93. The van der Waals surface area contributed by atoms with E-state index in [4.69, 9.17) is 18.6 Å². The molecule has 0 bridgehead atoms. The summed E-state index contributed by atoms with van der Waals surface area (Å²) in [5, 5.41) is 10.4. The minimum atomic E-state index is -0.641. The van der Waals surface area contributed by atoms with Crippen LogP contribution in [-0.2, 0) is 9.53 Å². The zero-order valence-electron chi connectivity index (χ0n) is 15.5. The summed E-state index contributed by atoms with van der Waals surface area (Å²) >= 11 is 0. The highest BCUT2D eigenvalue weighted by molar-refractivity contribution is 5.78. The number of morpholine rings is 1. The molecule has 8 heteroatoms. The van der Waals surface area contributed by atoms with Gasteiger partial charge in [-0.2, -0.15) is 0 Å². The molecule has 1 saturated heterocycles. The van der Waals surface area contributed by atoms with Gasteiger partial charge in [0.1, 0.15) is 5.76 Å². The van der Waals surface area contributed by atoms with Crippen LogP contribution in [0.3, 0.4) is 0 Å². The van der Waals surface area contributed by atoms with Gasteiger partial charge in [-0.1, -0.05) is 6.07 Å². The highest BCUT2D eigenvalue weighted by Gasteiger charge is 2.29. The van der Waals surface area contributed by atoms with Gasteiger partial charge in [0.05, 0.1) is 19.1 Å². The largest absolute Gasteiger partial charge is 0.502 e. The summed E-state index contributed by atoms with van der Waals surface area (Å²) in [6.45, 7) is 3.76. The number of ether oxygens (including phenoxy) is 3. The Kier molecular flexibility index (Phi) is 4.95. The van der Waals surface area contributed by atoms with Crippen LogP contribution in [0.5, 0.6) is 17.2 Å². The first-order chi connectivity index (χ1) is 13.5. The molecule has 148 valence electrons. The molecule has 1 N–H and O–H groups in total. The van der Waals surface area contributed by atoms with Gasteiger partial charge in [0.15, 0.2) is 17.3 Å². The summed E-state index contributed by atoms with van der Waals surface area (Å²) in [6.07, 6.45) is 0.0413. The predicted molar refractivity (Wildman–Crippen MR) is 97.8 cm³/mol. The Labute approximate surface area is 161 Å². The van der Waals surface area contributed by atoms with E-state index in [0.29, 0.717) is 49.1 Å². The Bertz CT molecular complexity index is 946. The summed E-state index contributed by atoms with van der Waals surface area (Å²) < 4.78 is 21.8. The van der Waals surface area contributed by atoms with E-state index in [1.807, 2.05) is 0 Å². The van der Waals surface area contributed by atoms with Crippen LogP contribution in [0.15, 0.2) is 33.5 Å². The second-order valence-electron chi connectivity index (χ2n) is 6.80. The van der Waals surface area contributed by atoms with Crippen LogP contribution in [0.25, 0.3) is 0 Å². The van der Waals surface area contributed by atoms with Crippen molar-refractivity contribution in [3.8, 4) is 17.2 Å². The van der Waals surface area contributed by atoms with Crippen molar-refractivity contribution in [1.29, 1.82) is 0 Å². The van der Waals surface area contributed by atoms with Gasteiger partial charge in [0, 0.05) is 25.6 Å². The number of hydrogen-bond donors (Lipinski definition) is 1. The van der Waals surface area contributed by atoms with Gasteiger partial charge < -0.3 is 28.6 Å². The van der Waals surface area contributed by atoms with E-state index >= 15 is 0 Å². The molecule has 0 saturated carbocycles. The van der Waals surface area contributed by atoms with Crippen LogP contribution in [0, 0.1) is 6.92 Å². The van der Waals surface area contributed by atoms with Gasteiger partial charge in [0.25, 0.3) is 0 Å². The molecule has 8 nitrogen and oxygen atoms in total. The first-order valence-corrected chi connectivity index (χ1v) is 9.11. The average Bonchev–Trinajstić information content (AvgIpc) is 3.17. The number of aromatic hydroxyl groups is 1. The van der Waals surface area contributed by atoms with E-state index in [9.17, 15) is 14.7 Å². The molecule has 2 aliphatic heterocycles. The molecule has 0 radical (unpaired) electrons. The molecule has 1 aromatic carbocycles. The highest BCUT2D eigenvalue weighted by atomic mass is 16.7. The summed E-state index contributed by atoms with van der Waals surface area (Å²) in [7, 11) is 0. The fourth-order valence-corrected chi connectivity index (χ4v) is 3.47. The number of aryl methyl sites for hydroxylation is 1. The lowest BCUT2D eigenvalue weighted by atomic mass is 9.91. The highest BCUT2D eigenvalue weighted by Crippen LogP contribution is 2.39. The zero-order valence-corrected chi connectivity index (χ0v) is 15.5. The Hall–Kier alpha value is -3.00. The summed E-state index contributed by atoms with van der Waals surface area (Å²) in [4.78, 5) is 26.7. The van der Waals surface area contributed by atoms with Crippen LogP contribution in [-0.4, -0.2) is 49.0 Å². The molecule has 3 heterocycles. The quantitative estimate of drug-likeness (QED) is 0.854. The first-order valence-electron chi connectivity index (χ1n) is 9.11. The molecule has 28 heavy (non-hydrogen) atoms. The molecule has 1 unspecified atom stereocenters. The molecular formula is C20H21NO7. The maximum Gasteiger partial charge on any atom is 0.231 e. The van der Waals surface area contributed by atoms with Crippen molar-refractivity contribution in [1.82, 2.24) is 4.90 Å². The third-order valence-electron chi connectivity index (χ3n) is 4.93. The lowest BCUT2D eigenvalue weighted by Gasteiger charge is -2.28. The Morgan fingerprint density at radius 2 is 1.93 bits per heavy atom. The van der Waals surface area contributed by atoms with Crippen LogP contribution in [0.1, 0.15) is 29.4 Å². The van der Waals surface area contributed by atoms with E-state index in [-0.39, 0.29) is 24.9 Å². The second-order valence-corrected chi connectivity index (χ2v) is 6.80. The van der Waals surface area contributed by atoms with E-state index in [2.05, 4.69) is 0 Å². The molecule has 2 aliphatic rings. The SMILES string of the molecule is Cc1cc(=O)c(O)c(C(CC(=O)N2CCOCC2)c2ccc3c(c2)OCO3)o1. The molecular weight excluding hydrogens is 366 g/mol. The van der Waals surface area contributed by atoms with Gasteiger partial charge in [-0.3, -0.25) is 9.59 Å². The number of carbonyl (C=O) groups excluding carboxylic acids is 1. The Morgan fingerprint density at radius 3 is 2.71 bits per heavy atom. The number of hydrogen-bond acceptors (Lipinski definition) is 7. The number of carbonyl (C=O) groups is 1. The number of benzene rings is 1. The van der Waals surface area contributed by atoms with Crippen molar-refractivity contribution < 1.29 is 28.5 Å². The Balaban J connectivity index is 1.73. The van der Waals surface area contributed by atoms with Crippen molar-refractivity contribution in [2.24, 2.45) is 0 Å². The second kappa shape index (κ2) is 7.55. The summed E-state index contributed by atoms with van der Waals surface area (Å²) in [5.74, 6) is 0.371. The maximum absolute atomic E-state index is 12.9. The Morgan fingerprint density at radius 1 is 1.18 bits per heavy atom. The van der Waals surface area contributed by atoms with E-state index in [1.54, 1.807) is 30.0 Å². The van der Waals surface area contributed by atoms with E-state index < -0.39 is 17.1 Å². The third kappa shape index (κ3) is 3.55. The predicted octanol–water partition coefficient (Wildman–Crippen LogP) is 1.76. The molecule has 1 aromatic heterocycles. The molecule has 0 aliphatic carbocycles. The van der Waals surface area contributed by atoms with E-state index in [0.717, 1.165) is 0 Å². The first kappa shape index (κ1) is 18.4. The van der Waals surface area contributed by atoms with Crippen molar-refractivity contribution in [2.75, 3.05) is 33.1 Å². The van der Waals surface area contributed by atoms with Gasteiger partial charge in [-0.25, -0.2) is 0 Å². The standard InChI is InChI=1S/C20H21NO7/c1-12-8-15(22)19(24)20(28-12)14(10-18(23)21-4-6-25-7-5-21)13-2-3-16-17(9-13)27-11-26-16/h2-3,8-9,14,24H,4-7,10-11H2,1H3. The van der Waals surface area contributed by atoms with Crippen LogP contribution in [0.4, 0.5) is 0 Å². The number of rotatable bonds is 4. The maximum atomic E-state index is 12.9. The fourth-order valence-electron chi connectivity index (χ4n) is 3.47. The van der Waals surface area contributed by atoms with Gasteiger partial charge in [-0.15, -0.1) is 0 Å². The minimum Gasteiger partial charge on any atom is -0.502 e. The normalized spacial score (nSPS) is 16.8. The van der Waals surface area contributed by atoms with E-state index in [1.165, 1.54) is 6.07 Å². The molecule has 0 spiro atoms. The lowest BCUT2D eigenvalue weighted by Crippen LogP contribution is -2.41. The summed E-state index contributed by atoms with van der Waals surface area (Å²) in [6, 6.07) is 6.50.